The number of thiophene rings is 1. The molecule has 0 bridgehead atoms. The number of hydrogen-bond acceptors (Lipinski definition) is 5. The van der Waals surface area contributed by atoms with Crippen molar-refractivity contribution in [2.45, 2.75) is 12.5 Å². The van der Waals surface area contributed by atoms with E-state index in [-0.39, 0.29) is 11.9 Å². The molecule has 0 aromatic carbocycles. The molecule has 1 aliphatic heterocycles. The molecule has 1 unspecified atom stereocenters. The molecule has 4 rings (SSSR count). The number of ether oxygens (including phenoxy) is 1. The minimum absolute atomic E-state index is 0.0650. The number of aryl methyl sites for hydroxylation is 1. The maximum atomic E-state index is 13.6. The summed E-state index contributed by atoms with van der Waals surface area (Å²) in [6.07, 6.45) is 5.80. The van der Waals surface area contributed by atoms with Crippen molar-refractivity contribution in [1.29, 1.82) is 0 Å². The lowest BCUT2D eigenvalue weighted by Gasteiger charge is -2.04. The highest BCUT2D eigenvalue weighted by Gasteiger charge is 2.21. The first-order chi connectivity index (χ1) is 12.6. The largest absolute Gasteiger partial charge is 0.492 e. The number of halogens is 1. The van der Waals surface area contributed by atoms with Crippen molar-refractivity contribution in [3.05, 3.63) is 65.3 Å². The molecule has 0 saturated heterocycles. The number of aromatic nitrogens is 3. The normalized spacial score (nSPS) is 15.8. The molecule has 0 aliphatic carbocycles. The Kier molecular flexibility index (Phi) is 4.26. The summed E-state index contributed by atoms with van der Waals surface area (Å²) in [6, 6.07) is 8.24. The van der Waals surface area contributed by atoms with Crippen LogP contribution in [-0.2, 0) is 11.8 Å². The van der Waals surface area contributed by atoms with Crippen molar-refractivity contribution >= 4 is 23.1 Å². The number of amides is 1. The minimum atomic E-state index is -0.570. The summed E-state index contributed by atoms with van der Waals surface area (Å²) in [5.74, 6) is -1.05. The van der Waals surface area contributed by atoms with Gasteiger partial charge in [0.05, 0.1) is 21.7 Å². The fraction of sp³-hybridized carbons (Fsp3) is 0.167. The number of hydrogen-bond donors (Lipinski definition) is 1. The van der Waals surface area contributed by atoms with Crippen LogP contribution in [0.5, 0.6) is 0 Å². The summed E-state index contributed by atoms with van der Waals surface area (Å²) in [7, 11) is 1.85. The van der Waals surface area contributed by atoms with Gasteiger partial charge in [-0.3, -0.25) is 9.48 Å². The monoisotopic (exact) mass is 370 g/mol. The molecule has 132 valence electrons. The highest BCUT2D eigenvalue weighted by molar-refractivity contribution is 7.17. The summed E-state index contributed by atoms with van der Waals surface area (Å²) in [5.41, 5.74) is 1.74. The van der Waals surface area contributed by atoms with E-state index >= 15 is 0 Å². The van der Waals surface area contributed by atoms with E-state index in [0.29, 0.717) is 4.88 Å². The zero-order chi connectivity index (χ0) is 18.1. The second-order valence-corrected chi connectivity index (χ2v) is 6.85. The van der Waals surface area contributed by atoms with Crippen molar-refractivity contribution in [1.82, 2.24) is 14.8 Å². The Hall–Kier alpha value is -3.00. The van der Waals surface area contributed by atoms with Crippen LogP contribution in [0, 0.1) is 5.82 Å². The van der Waals surface area contributed by atoms with E-state index in [0.717, 1.165) is 22.7 Å². The minimum Gasteiger partial charge on any atom is -0.492 e. The summed E-state index contributed by atoms with van der Waals surface area (Å²) >= 11 is 1.31. The van der Waals surface area contributed by atoms with Gasteiger partial charge in [0.25, 0.3) is 5.91 Å². The molecule has 0 spiro atoms. The van der Waals surface area contributed by atoms with E-state index in [1.165, 1.54) is 29.7 Å². The Bertz CT molecular complexity index is 987. The molecule has 3 aromatic heterocycles. The first kappa shape index (κ1) is 16.5. The third-order valence-corrected chi connectivity index (χ3v) is 5.10. The maximum Gasteiger partial charge on any atom is 0.266 e. The molecule has 0 radical (unpaired) electrons. The zero-order valence-corrected chi connectivity index (χ0v) is 14.7. The number of carbonyl (C=O) groups is 1. The molecule has 8 heteroatoms. The first-order valence-electron chi connectivity index (χ1n) is 7.98. The first-order valence-corrected chi connectivity index (χ1v) is 8.80. The van der Waals surface area contributed by atoms with Crippen LogP contribution >= 0.6 is 11.3 Å². The smallest absolute Gasteiger partial charge is 0.266 e. The van der Waals surface area contributed by atoms with Crippen LogP contribution in [0.25, 0.3) is 10.6 Å². The molecule has 26 heavy (non-hydrogen) atoms. The highest BCUT2D eigenvalue weighted by Crippen LogP contribution is 2.32. The van der Waals surface area contributed by atoms with Crippen molar-refractivity contribution in [2.75, 3.05) is 5.32 Å². The molecular formula is C18H15FN4O2S. The fourth-order valence-corrected chi connectivity index (χ4v) is 3.65. The fourth-order valence-electron chi connectivity index (χ4n) is 2.70. The Morgan fingerprint density at radius 3 is 3.08 bits per heavy atom. The van der Waals surface area contributed by atoms with Gasteiger partial charge in [-0.1, -0.05) is 0 Å². The maximum absolute atomic E-state index is 13.6. The quantitative estimate of drug-likeness (QED) is 0.756. The van der Waals surface area contributed by atoms with E-state index in [4.69, 9.17) is 4.74 Å². The van der Waals surface area contributed by atoms with E-state index in [1.807, 2.05) is 25.3 Å². The topological polar surface area (TPSA) is 69.0 Å². The molecule has 0 saturated carbocycles. The lowest BCUT2D eigenvalue weighted by Crippen LogP contribution is -2.12. The second-order valence-electron chi connectivity index (χ2n) is 5.76. The number of anilines is 1. The van der Waals surface area contributed by atoms with E-state index in [1.54, 1.807) is 17.0 Å². The third-order valence-electron chi connectivity index (χ3n) is 3.99. The summed E-state index contributed by atoms with van der Waals surface area (Å²) in [4.78, 5) is 17.5. The predicted molar refractivity (Wildman–Crippen MR) is 96.3 cm³/mol. The molecule has 4 heterocycles. The van der Waals surface area contributed by atoms with Crippen LogP contribution in [0.15, 0.2) is 48.9 Å². The Morgan fingerprint density at radius 1 is 1.42 bits per heavy atom. The predicted octanol–water partition coefficient (Wildman–Crippen LogP) is 3.91. The van der Waals surface area contributed by atoms with Crippen LogP contribution in [0.2, 0.25) is 0 Å². The summed E-state index contributed by atoms with van der Waals surface area (Å²) < 4.78 is 20.9. The number of carbonyl (C=O) groups excluding carboxylic acids is 1. The molecule has 6 nitrogen and oxygen atoms in total. The Morgan fingerprint density at radius 2 is 2.31 bits per heavy atom. The third kappa shape index (κ3) is 3.11. The van der Waals surface area contributed by atoms with Gasteiger partial charge in [0.15, 0.2) is 11.6 Å². The molecule has 0 fully saturated rings. The van der Waals surface area contributed by atoms with Gasteiger partial charge in [0.1, 0.15) is 11.8 Å². The Balaban J connectivity index is 1.54. The van der Waals surface area contributed by atoms with E-state index < -0.39 is 11.7 Å². The van der Waals surface area contributed by atoms with Crippen LogP contribution < -0.4 is 5.32 Å². The molecule has 1 N–H and O–H groups in total. The van der Waals surface area contributed by atoms with Gasteiger partial charge >= 0.3 is 0 Å². The second kappa shape index (κ2) is 6.72. The van der Waals surface area contributed by atoms with E-state index in [9.17, 15) is 9.18 Å². The molecular weight excluding hydrogens is 355 g/mol. The van der Waals surface area contributed by atoms with Gasteiger partial charge in [-0.05, 0) is 36.4 Å². The van der Waals surface area contributed by atoms with Crippen LogP contribution in [0.3, 0.4) is 0 Å². The van der Waals surface area contributed by atoms with Crippen LogP contribution in [0.1, 0.15) is 27.9 Å². The number of pyridine rings is 1. The molecule has 3 aromatic rings. The van der Waals surface area contributed by atoms with Gasteiger partial charge in [-0.2, -0.15) is 5.10 Å². The molecule has 1 aliphatic rings. The van der Waals surface area contributed by atoms with Crippen molar-refractivity contribution < 1.29 is 13.9 Å². The Labute approximate surface area is 152 Å². The van der Waals surface area contributed by atoms with Gasteiger partial charge in [-0.25, -0.2) is 9.37 Å². The van der Waals surface area contributed by atoms with Gasteiger partial charge in [0, 0.05) is 19.7 Å². The number of rotatable bonds is 4. The van der Waals surface area contributed by atoms with E-state index in [2.05, 4.69) is 15.4 Å². The zero-order valence-electron chi connectivity index (χ0n) is 13.8. The lowest BCUT2D eigenvalue weighted by atomic mass is 10.2. The average Bonchev–Trinajstić information content (AvgIpc) is 3.36. The number of nitrogens with one attached hydrogen (secondary N) is 1. The average molecular weight is 370 g/mol. The van der Waals surface area contributed by atoms with Gasteiger partial charge in [-0.15, -0.1) is 11.3 Å². The molecule has 1 amide bonds. The van der Waals surface area contributed by atoms with Crippen LogP contribution in [0.4, 0.5) is 10.2 Å². The van der Waals surface area contributed by atoms with Crippen molar-refractivity contribution in [3.8, 4) is 10.6 Å². The summed E-state index contributed by atoms with van der Waals surface area (Å²) in [5, 5.41) is 6.99. The SMILES string of the molecule is Cn1nc(C2CC=CO2)cc1-c1ccc(C(=O)Nc2ncccc2F)s1. The van der Waals surface area contributed by atoms with Gasteiger partial charge < -0.3 is 10.1 Å². The van der Waals surface area contributed by atoms with Crippen molar-refractivity contribution in [3.63, 3.8) is 0 Å². The summed E-state index contributed by atoms with van der Waals surface area (Å²) in [6.45, 7) is 0. The standard InChI is InChI=1S/C18H15FN4O2S/c1-23-13(10-12(22-23)14-5-3-9-25-14)15-6-7-16(26-15)18(24)21-17-11(19)4-2-8-20-17/h2-4,6-10,14H,5H2,1H3,(H,20,21,24). The molecule has 1 atom stereocenters. The van der Waals surface area contributed by atoms with Crippen molar-refractivity contribution in [2.24, 2.45) is 7.05 Å². The number of nitrogens with zero attached hydrogens (tertiary/aromatic N) is 3. The highest BCUT2D eigenvalue weighted by atomic mass is 32.1. The lowest BCUT2D eigenvalue weighted by molar-refractivity contribution is 0.102. The van der Waals surface area contributed by atoms with Gasteiger partial charge in [0.2, 0.25) is 0 Å². The van der Waals surface area contributed by atoms with Crippen LogP contribution in [-0.4, -0.2) is 20.7 Å².